The summed E-state index contributed by atoms with van der Waals surface area (Å²) in [5.41, 5.74) is 0. The summed E-state index contributed by atoms with van der Waals surface area (Å²) in [4.78, 5) is 2.36. The van der Waals surface area contributed by atoms with Gasteiger partial charge in [-0.15, -0.1) is 0 Å². The standard InChI is InChI=1S/C9H18N2O/c1-11(7-3-2-4-7)8-5-10-6-9(8)12/h7-10,12H,2-6H2,1H3/t8-,9-/m1/s1. The molecule has 2 fully saturated rings. The molecule has 2 rings (SSSR count). The van der Waals surface area contributed by atoms with Crippen LogP contribution in [0.2, 0.25) is 0 Å². The van der Waals surface area contributed by atoms with E-state index in [1.165, 1.54) is 19.3 Å². The largest absolute Gasteiger partial charge is 0.390 e. The number of nitrogens with zero attached hydrogens (tertiary/aromatic N) is 1. The molecule has 0 spiro atoms. The molecule has 1 heterocycles. The summed E-state index contributed by atoms with van der Waals surface area (Å²) >= 11 is 0. The molecule has 1 saturated carbocycles. The average molecular weight is 170 g/mol. The Kier molecular flexibility index (Phi) is 2.35. The van der Waals surface area contributed by atoms with Crippen LogP contribution in [0.25, 0.3) is 0 Å². The van der Waals surface area contributed by atoms with E-state index in [9.17, 15) is 5.11 Å². The van der Waals surface area contributed by atoms with Gasteiger partial charge in [-0.05, 0) is 19.9 Å². The van der Waals surface area contributed by atoms with Crippen LogP contribution in [-0.4, -0.2) is 48.3 Å². The summed E-state index contributed by atoms with van der Waals surface area (Å²) in [5.74, 6) is 0. The summed E-state index contributed by atoms with van der Waals surface area (Å²) in [6.07, 6.45) is 3.85. The maximum Gasteiger partial charge on any atom is 0.0831 e. The first-order valence-electron chi connectivity index (χ1n) is 4.90. The van der Waals surface area contributed by atoms with Gasteiger partial charge in [0.1, 0.15) is 0 Å². The quantitative estimate of drug-likeness (QED) is 0.602. The lowest BCUT2D eigenvalue weighted by molar-refractivity contribution is 0.0467. The van der Waals surface area contributed by atoms with Gasteiger partial charge in [-0.2, -0.15) is 0 Å². The van der Waals surface area contributed by atoms with Crippen LogP contribution in [0, 0.1) is 0 Å². The SMILES string of the molecule is CN(C1CCC1)[C@@H]1CNC[C@H]1O. The molecule has 0 amide bonds. The van der Waals surface area contributed by atoms with Crippen molar-refractivity contribution in [2.75, 3.05) is 20.1 Å². The molecule has 1 saturated heterocycles. The second-order valence-electron chi connectivity index (χ2n) is 4.04. The summed E-state index contributed by atoms with van der Waals surface area (Å²) in [7, 11) is 2.14. The minimum atomic E-state index is -0.157. The molecule has 3 heteroatoms. The number of β-amino-alcohol motifs (C(OH)–C–C–N with tert-alkyl or cyclic N) is 1. The van der Waals surface area contributed by atoms with Crippen LogP contribution in [0.1, 0.15) is 19.3 Å². The van der Waals surface area contributed by atoms with E-state index in [2.05, 4.69) is 17.3 Å². The van der Waals surface area contributed by atoms with Crippen molar-refractivity contribution < 1.29 is 5.11 Å². The Bertz CT molecular complexity index is 159. The van der Waals surface area contributed by atoms with Crippen LogP contribution in [0.15, 0.2) is 0 Å². The van der Waals surface area contributed by atoms with Gasteiger partial charge < -0.3 is 10.4 Å². The van der Waals surface area contributed by atoms with Crippen molar-refractivity contribution in [1.82, 2.24) is 10.2 Å². The molecule has 0 bridgehead atoms. The lowest BCUT2D eigenvalue weighted by atomic mass is 9.90. The van der Waals surface area contributed by atoms with Gasteiger partial charge in [-0.3, -0.25) is 4.90 Å². The Labute approximate surface area is 73.8 Å². The number of hydrogen-bond acceptors (Lipinski definition) is 3. The van der Waals surface area contributed by atoms with E-state index >= 15 is 0 Å². The maximum atomic E-state index is 9.62. The van der Waals surface area contributed by atoms with Crippen molar-refractivity contribution in [3.05, 3.63) is 0 Å². The van der Waals surface area contributed by atoms with Crippen molar-refractivity contribution in [2.24, 2.45) is 0 Å². The van der Waals surface area contributed by atoms with Crippen LogP contribution in [0.5, 0.6) is 0 Å². The van der Waals surface area contributed by atoms with Crippen LogP contribution in [-0.2, 0) is 0 Å². The smallest absolute Gasteiger partial charge is 0.0831 e. The van der Waals surface area contributed by atoms with Crippen molar-refractivity contribution in [3.8, 4) is 0 Å². The molecular formula is C9H18N2O. The van der Waals surface area contributed by atoms with E-state index in [1.54, 1.807) is 0 Å². The van der Waals surface area contributed by atoms with Gasteiger partial charge in [-0.1, -0.05) is 6.42 Å². The monoisotopic (exact) mass is 170 g/mol. The molecule has 2 N–H and O–H groups in total. The third-order valence-electron chi connectivity index (χ3n) is 3.32. The molecule has 1 aliphatic carbocycles. The van der Waals surface area contributed by atoms with E-state index in [4.69, 9.17) is 0 Å². The zero-order chi connectivity index (χ0) is 8.55. The Morgan fingerprint density at radius 3 is 2.50 bits per heavy atom. The van der Waals surface area contributed by atoms with Crippen molar-refractivity contribution >= 4 is 0 Å². The number of likely N-dealkylation sites (N-methyl/N-ethyl adjacent to an activating group) is 1. The molecule has 12 heavy (non-hydrogen) atoms. The fourth-order valence-electron chi connectivity index (χ4n) is 2.13. The molecule has 2 aliphatic rings. The highest BCUT2D eigenvalue weighted by Crippen LogP contribution is 2.26. The average Bonchev–Trinajstić information content (AvgIpc) is 2.31. The summed E-state index contributed by atoms with van der Waals surface area (Å²) in [5, 5.41) is 12.8. The van der Waals surface area contributed by atoms with Gasteiger partial charge in [0.15, 0.2) is 0 Å². The van der Waals surface area contributed by atoms with Gasteiger partial charge >= 0.3 is 0 Å². The second kappa shape index (κ2) is 3.32. The molecule has 3 nitrogen and oxygen atoms in total. The van der Waals surface area contributed by atoms with Gasteiger partial charge in [0.05, 0.1) is 6.10 Å². The van der Waals surface area contributed by atoms with Crippen molar-refractivity contribution in [1.29, 1.82) is 0 Å². The lowest BCUT2D eigenvalue weighted by Gasteiger charge is -2.39. The fraction of sp³-hybridized carbons (Fsp3) is 1.00. The van der Waals surface area contributed by atoms with E-state index < -0.39 is 0 Å². The molecule has 2 atom stereocenters. The molecule has 0 aromatic heterocycles. The Morgan fingerprint density at radius 1 is 1.33 bits per heavy atom. The molecule has 0 aromatic rings. The van der Waals surface area contributed by atoms with Crippen molar-refractivity contribution in [2.45, 2.75) is 37.5 Å². The van der Waals surface area contributed by atoms with E-state index in [-0.39, 0.29) is 6.10 Å². The number of aliphatic hydroxyl groups is 1. The molecular weight excluding hydrogens is 152 g/mol. The molecule has 0 aromatic carbocycles. The molecule has 0 unspecified atom stereocenters. The van der Waals surface area contributed by atoms with Gasteiger partial charge in [0.2, 0.25) is 0 Å². The van der Waals surface area contributed by atoms with E-state index in [0.717, 1.165) is 19.1 Å². The lowest BCUT2D eigenvalue weighted by Crippen LogP contribution is -2.49. The Hall–Kier alpha value is -0.120. The minimum absolute atomic E-state index is 0.157. The molecule has 70 valence electrons. The molecule has 1 aliphatic heterocycles. The maximum absolute atomic E-state index is 9.62. The first kappa shape index (κ1) is 8.48. The van der Waals surface area contributed by atoms with E-state index in [1.807, 2.05) is 0 Å². The van der Waals surface area contributed by atoms with Gasteiger partial charge in [0, 0.05) is 25.2 Å². The van der Waals surface area contributed by atoms with Crippen LogP contribution in [0.4, 0.5) is 0 Å². The number of aliphatic hydroxyl groups excluding tert-OH is 1. The predicted molar refractivity (Wildman–Crippen MR) is 48.1 cm³/mol. The number of nitrogens with one attached hydrogen (secondary N) is 1. The Balaban J connectivity index is 1.89. The highest BCUT2D eigenvalue weighted by Gasteiger charge is 2.34. The zero-order valence-corrected chi connectivity index (χ0v) is 7.66. The first-order chi connectivity index (χ1) is 5.79. The summed E-state index contributed by atoms with van der Waals surface area (Å²) in [6, 6.07) is 1.10. The minimum Gasteiger partial charge on any atom is -0.390 e. The zero-order valence-electron chi connectivity index (χ0n) is 7.66. The van der Waals surface area contributed by atoms with Crippen LogP contribution in [0.3, 0.4) is 0 Å². The highest BCUT2D eigenvalue weighted by atomic mass is 16.3. The highest BCUT2D eigenvalue weighted by molar-refractivity contribution is 4.92. The predicted octanol–water partition coefficient (Wildman–Crippen LogP) is -0.197. The van der Waals surface area contributed by atoms with Gasteiger partial charge in [0.25, 0.3) is 0 Å². The van der Waals surface area contributed by atoms with Gasteiger partial charge in [-0.25, -0.2) is 0 Å². The van der Waals surface area contributed by atoms with E-state index in [0.29, 0.717) is 6.04 Å². The Morgan fingerprint density at radius 2 is 2.08 bits per heavy atom. The first-order valence-corrected chi connectivity index (χ1v) is 4.90. The van der Waals surface area contributed by atoms with Crippen LogP contribution >= 0.6 is 0 Å². The second-order valence-corrected chi connectivity index (χ2v) is 4.04. The number of hydrogen-bond donors (Lipinski definition) is 2. The third-order valence-corrected chi connectivity index (χ3v) is 3.32. The number of rotatable bonds is 2. The summed E-state index contributed by atoms with van der Waals surface area (Å²) < 4.78 is 0. The molecule has 0 radical (unpaired) electrons. The van der Waals surface area contributed by atoms with Crippen LogP contribution < -0.4 is 5.32 Å². The van der Waals surface area contributed by atoms with Crippen molar-refractivity contribution in [3.63, 3.8) is 0 Å². The fourth-order valence-corrected chi connectivity index (χ4v) is 2.13. The normalized spacial score (nSPS) is 37.2. The summed E-state index contributed by atoms with van der Waals surface area (Å²) in [6.45, 7) is 1.72. The topological polar surface area (TPSA) is 35.5 Å². The third kappa shape index (κ3) is 1.37.